The van der Waals surface area contributed by atoms with E-state index in [4.69, 9.17) is 5.73 Å². The maximum absolute atomic E-state index is 10.6. The summed E-state index contributed by atoms with van der Waals surface area (Å²) in [6.45, 7) is 3.83. The van der Waals surface area contributed by atoms with Crippen molar-refractivity contribution >= 4 is 11.4 Å². The summed E-state index contributed by atoms with van der Waals surface area (Å²) in [6, 6.07) is 2.54. The van der Waals surface area contributed by atoms with E-state index in [1.807, 2.05) is 13.8 Å². The summed E-state index contributed by atoms with van der Waals surface area (Å²) in [5.74, 6) is 0.00199. The molecule has 0 fully saturated rings. The Morgan fingerprint density at radius 3 is 2.67 bits per heavy atom. The smallest absolute Gasteiger partial charge is 0.272 e. The van der Waals surface area contributed by atoms with Gasteiger partial charge < -0.3 is 10.8 Å². The quantitative estimate of drug-likeness (QED) is 0.347. The first-order chi connectivity index (χ1) is 6.97. The van der Waals surface area contributed by atoms with E-state index in [2.05, 4.69) is 0 Å². The Bertz CT molecular complexity index is 390. The lowest BCUT2D eigenvalue weighted by Crippen LogP contribution is -1.99. The lowest BCUT2D eigenvalue weighted by Gasteiger charge is -2.12. The van der Waals surface area contributed by atoms with Crippen LogP contribution >= 0.6 is 0 Å². The number of phenolic OH excluding ortho intramolecular Hbond substituents is 1. The fourth-order valence-corrected chi connectivity index (χ4v) is 1.36. The molecule has 0 bridgehead atoms. The van der Waals surface area contributed by atoms with Gasteiger partial charge in [0.05, 0.1) is 10.6 Å². The van der Waals surface area contributed by atoms with Crippen molar-refractivity contribution in [1.29, 1.82) is 0 Å². The summed E-state index contributed by atoms with van der Waals surface area (Å²) in [5, 5.41) is 20.3. The second-order valence-electron chi connectivity index (χ2n) is 3.54. The number of phenols is 1. The van der Waals surface area contributed by atoms with Crippen LogP contribution in [0.5, 0.6) is 5.75 Å². The van der Waals surface area contributed by atoms with Crippen molar-refractivity contribution in [2.45, 2.75) is 26.2 Å². The highest BCUT2D eigenvalue weighted by Crippen LogP contribution is 2.36. The molecular formula is C10H14N2O3. The molecule has 0 aliphatic rings. The van der Waals surface area contributed by atoms with Gasteiger partial charge in [-0.05, 0) is 12.3 Å². The first kappa shape index (κ1) is 11.3. The zero-order valence-corrected chi connectivity index (χ0v) is 8.73. The molecule has 0 heterocycles. The highest BCUT2D eigenvalue weighted by atomic mass is 16.6. The maximum Gasteiger partial charge on any atom is 0.272 e. The zero-order chi connectivity index (χ0) is 11.6. The third-order valence-corrected chi connectivity index (χ3v) is 2.51. The lowest BCUT2D eigenvalue weighted by molar-refractivity contribution is -0.384. The number of nitrogen functional groups attached to an aromatic ring is 1. The number of aromatic hydroxyl groups is 1. The molecule has 0 amide bonds. The number of nitrogens with zero attached hydrogens (tertiary/aromatic N) is 1. The Morgan fingerprint density at radius 1 is 1.60 bits per heavy atom. The van der Waals surface area contributed by atoms with Crippen molar-refractivity contribution < 1.29 is 10.0 Å². The fraction of sp³-hybridized carbons (Fsp3) is 0.400. The number of rotatable bonds is 3. The van der Waals surface area contributed by atoms with E-state index in [0.717, 1.165) is 6.42 Å². The van der Waals surface area contributed by atoms with Crippen LogP contribution < -0.4 is 5.73 Å². The van der Waals surface area contributed by atoms with Crippen molar-refractivity contribution in [3.05, 3.63) is 27.8 Å². The molecule has 1 rings (SSSR count). The summed E-state index contributed by atoms with van der Waals surface area (Å²) in [5.41, 5.74) is 6.00. The van der Waals surface area contributed by atoms with Crippen LogP contribution in [0.4, 0.5) is 11.4 Å². The van der Waals surface area contributed by atoms with Crippen LogP contribution in [0.1, 0.15) is 31.7 Å². The Kier molecular flexibility index (Phi) is 3.14. The summed E-state index contributed by atoms with van der Waals surface area (Å²) >= 11 is 0. The number of nitro groups is 1. The standard InChI is InChI=1S/C10H14N2O3/c1-3-6(2)8-4-7(12(14)15)5-9(11)10(8)13/h4-6,13H,3,11H2,1-2H3/t6-/m1/s1. The molecule has 5 nitrogen and oxygen atoms in total. The predicted molar refractivity (Wildman–Crippen MR) is 57.9 cm³/mol. The lowest BCUT2D eigenvalue weighted by atomic mass is 9.96. The Morgan fingerprint density at radius 2 is 2.20 bits per heavy atom. The molecule has 0 aromatic heterocycles. The number of hydrogen-bond acceptors (Lipinski definition) is 4. The summed E-state index contributed by atoms with van der Waals surface area (Å²) in [6.07, 6.45) is 0.786. The third kappa shape index (κ3) is 2.18. The van der Waals surface area contributed by atoms with Crippen LogP contribution in [-0.4, -0.2) is 10.0 Å². The van der Waals surface area contributed by atoms with Crippen molar-refractivity contribution in [1.82, 2.24) is 0 Å². The Labute approximate surface area is 87.7 Å². The average molecular weight is 210 g/mol. The highest BCUT2D eigenvalue weighted by Gasteiger charge is 2.17. The van der Waals surface area contributed by atoms with E-state index in [9.17, 15) is 15.2 Å². The molecule has 1 atom stereocenters. The van der Waals surface area contributed by atoms with Crippen LogP contribution in [0, 0.1) is 10.1 Å². The van der Waals surface area contributed by atoms with Crippen molar-refractivity contribution in [2.24, 2.45) is 0 Å². The normalized spacial score (nSPS) is 12.4. The van der Waals surface area contributed by atoms with Gasteiger partial charge in [0, 0.05) is 17.7 Å². The van der Waals surface area contributed by atoms with E-state index < -0.39 is 4.92 Å². The molecule has 1 aromatic rings. The summed E-state index contributed by atoms with van der Waals surface area (Å²) in [7, 11) is 0. The van der Waals surface area contributed by atoms with Gasteiger partial charge in [-0.3, -0.25) is 10.1 Å². The first-order valence-corrected chi connectivity index (χ1v) is 4.74. The maximum atomic E-state index is 10.6. The number of nitrogens with two attached hydrogens (primary N) is 1. The number of anilines is 1. The Hall–Kier alpha value is -1.78. The van der Waals surface area contributed by atoms with Gasteiger partial charge in [-0.15, -0.1) is 0 Å². The van der Waals surface area contributed by atoms with Gasteiger partial charge in [0.25, 0.3) is 5.69 Å². The molecule has 0 unspecified atom stereocenters. The molecule has 0 saturated carbocycles. The molecule has 0 aliphatic carbocycles. The second kappa shape index (κ2) is 4.16. The summed E-state index contributed by atoms with van der Waals surface area (Å²) in [4.78, 5) is 10.1. The van der Waals surface area contributed by atoms with Crippen molar-refractivity contribution in [3.63, 3.8) is 0 Å². The van der Waals surface area contributed by atoms with Crippen LogP contribution in [0.2, 0.25) is 0 Å². The van der Waals surface area contributed by atoms with Crippen molar-refractivity contribution in [2.75, 3.05) is 5.73 Å². The molecule has 0 aliphatic heterocycles. The predicted octanol–water partition coefficient (Wildman–Crippen LogP) is 2.40. The van der Waals surface area contributed by atoms with Crippen LogP contribution in [0.25, 0.3) is 0 Å². The third-order valence-electron chi connectivity index (χ3n) is 2.51. The van der Waals surface area contributed by atoms with Crippen LogP contribution in [0.15, 0.2) is 12.1 Å². The van der Waals surface area contributed by atoms with E-state index in [1.165, 1.54) is 12.1 Å². The molecule has 0 saturated heterocycles. The molecule has 0 radical (unpaired) electrons. The van der Waals surface area contributed by atoms with E-state index in [-0.39, 0.29) is 23.0 Å². The van der Waals surface area contributed by atoms with Gasteiger partial charge in [-0.2, -0.15) is 0 Å². The number of benzene rings is 1. The molecule has 82 valence electrons. The van der Waals surface area contributed by atoms with Crippen LogP contribution in [-0.2, 0) is 0 Å². The van der Waals surface area contributed by atoms with E-state index in [0.29, 0.717) is 5.56 Å². The summed E-state index contributed by atoms with van der Waals surface area (Å²) < 4.78 is 0. The van der Waals surface area contributed by atoms with Gasteiger partial charge in [0.2, 0.25) is 0 Å². The Balaban J connectivity index is 3.31. The highest BCUT2D eigenvalue weighted by molar-refractivity contribution is 5.62. The molecule has 15 heavy (non-hydrogen) atoms. The number of hydrogen-bond donors (Lipinski definition) is 2. The van der Waals surface area contributed by atoms with Gasteiger partial charge in [0.1, 0.15) is 5.75 Å². The second-order valence-corrected chi connectivity index (χ2v) is 3.54. The largest absolute Gasteiger partial charge is 0.505 e. The van der Waals surface area contributed by atoms with Gasteiger partial charge in [-0.25, -0.2) is 0 Å². The minimum absolute atomic E-state index is 0.0463. The SMILES string of the molecule is CC[C@@H](C)c1cc([N+](=O)[O-])cc(N)c1O. The first-order valence-electron chi connectivity index (χ1n) is 4.74. The zero-order valence-electron chi connectivity index (χ0n) is 8.73. The molecule has 5 heteroatoms. The molecule has 1 aromatic carbocycles. The van der Waals surface area contributed by atoms with Crippen LogP contribution in [0.3, 0.4) is 0 Å². The van der Waals surface area contributed by atoms with Crippen molar-refractivity contribution in [3.8, 4) is 5.75 Å². The topological polar surface area (TPSA) is 89.4 Å². The minimum atomic E-state index is -0.512. The van der Waals surface area contributed by atoms with Gasteiger partial charge in [0.15, 0.2) is 0 Å². The molecule has 3 N–H and O–H groups in total. The average Bonchev–Trinajstić information content (AvgIpc) is 2.20. The minimum Gasteiger partial charge on any atom is -0.505 e. The monoisotopic (exact) mass is 210 g/mol. The number of non-ortho nitro benzene ring substituents is 1. The van der Waals surface area contributed by atoms with E-state index in [1.54, 1.807) is 0 Å². The fourth-order valence-electron chi connectivity index (χ4n) is 1.36. The molecule has 0 spiro atoms. The number of nitro benzene ring substituents is 1. The van der Waals surface area contributed by atoms with Gasteiger partial charge >= 0.3 is 0 Å². The molecular weight excluding hydrogens is 196 g/mol. The van der Waals surface area contributed by atoms with E-state index >= 15 is 0 Å². The van der Waals surface area contributed by atoms with Gasteiger partial charge in [-0.1, -0.05) is 13.8 Å².